The van der Waals surface area contributed by atoms with E-state index in [1.165, 1.54) is 18.3 Å². The molecule has 0 atom stereocenters. The van der Waals surface area contributed by atoms with Crippen LogP contribution in [0.1, 0.15) is 15.9 Å². The van der Waals surface area contributed by atoms with E-state index in [1.54, 1.807) is 54.6 Å². The zero-order valence-electron chi connectivity index (χ0n) is 14.9. The molecule has 29 heavy (non-hydrogen) atoms. The number of hydrazone groups is 1. The lowest BCUT2D eigenvalue weighted by Crippen LogP contribution is -2.23. The third kappa shape index (κ3) is 6.20. The van der Waals surface area contributed by atoms with Gasteiger partial charge in [-0.1, -0.05) is 34.1 Å². The molecule has 0 heterocycles. The van der Waals surface area contributed by atoms with Gasteiger partial charge in [-0.15, -0.1) is 0 Å². The predicted octanol–water partition coefficient (Wildman–Crippen LogP) is 5.13. The second-order valence-electron chi connectivity index (χ2n) is 5.77. The maximum atomic E-state index is 12.9. The number of rotatable bonds is 5. The third-order valence-electron chi connectivity index (χ3n) is 3.66. The number of hydrogen-bond acceptors (Lipinski definition) is 4. The van der Waals surface area contributed by atoms with Crippen molar-refractivity contribution in [1.82, 2.24) is 5.43 Å². The van der Waals surface area contributed by atoms with Crippen molar-refractivity contribution in [3.63, 3.8) is 0 Å². The summed E-state index contributed by atoms with van der Waals surface area (Å²) in [6.45, 7) is 0. The van der Waals surface area contributed by atoms with Crippen LogP contribution in [0.4, 0.5) is 10.1 Å². The number of anilines is 1. The molecule has 0 amide bonds. The highest BCUT2D eigenvalue weighted by Crippen LogP contribution is 2.23. The van der Waals surface area contributed by atoms with E-state index in [0.717, 1.165) is 4.47 Å². The molecule has 3 aromatic rings. The molecule has 0 spiro atoms. The Morgan fingerprint density at radius 2 is 1.79 bits per heavy atom. The standard InChI is InChI=1S/C21H15BrFN3O2S/c22-16-6-11-19(28-20(27)14-4-2-1-3-5-14)15(12-16)13-24-26-21(29)25-18-9-7-17(23)8-10-18/h1-13H,(H2,25,26,29). The zero-order valence-corrected chi connectivity index (χ0v) is 17.3. The van der Waals surface area contributed by atoms with Crippen LogP contribution in [0.25, 0.3) is 0 Å². The van der Waals surface area contributed by atoms with Crippen LogP contribution in [-0.2, 0) is 0 Å². The molecule has 0 saturated carbocycles. The molecule has 0 saturated heterocycles. The van der Waals surface area contributed by atoms with Crippen molar-refractivity contribution in [1.29, 1.82) is 0 Å². The fourth-order valence-electron chi connectivity index (χ4n) is 2.30. The number of thiocarbonyl (C=S) groups is 1. The predicted molar refractivity (Wildman–Crippen MR) is 119 cm³/mol. The van der Waals surface area contributed by atoms with Crippen LogP contribution in [0.2, 0.25) is 0 Å². The number of ether oxygens (including phenoxy) is 1. The van der Waals surface area contributed by atoms with E-state index >= 15 is 0 Å². The number of nitrogens with one attached hydrogen (secondary N) is 2. The second kappa shape index (κ2) is 9.90. The maximum Gasteiger partial charge on any atom is 0.343 e. The Morgan fingerprint density at radius 1 is 1.07 bits per heavy atom. The van der Waals surface area contributed by atoms with E-state index in [1.807, 2.05) is 6.07 Å². The van der Waals surface area contributed by atoms with Crippen molar-refractivity contribution in [3.05, 3.63) is 94.2 Å². The molecule has 0 bridgehead atoms. The average Bonchev–Trinajstić information content (AvgIpc) is 2.72. The van der Waals surface area contributed by atoms with E-state index in [0.29, 0.717) is 22.6 Å². The first-order chi connectivity index (χ1) is 14.0. The zero-order chi connectivity index (χ0) is 20.6. The largest absolute Gasteiger partial charge is 0.422 e. The Hall–Kier alpha value is -3.10. The Labute approximate surface area is 180 Å². The molecule has 2 N–H and O–H groups in total. The Kier molecular flexibility index (Phi) is 7.04. The van der Waals surface area contributed by atoms with Crippen LogP contribution in [0.15, 0.2) is 82.4 Å². The van der Waals surface area contributed by atoms with Gasteiger partial charge in [-0.2, -0.15) is 5.10 Å². The normalized spacial score (nSPS) is 10.6. The molecule has 0 aliphatic heterocycles. The molecule has 0 aliphatic rings. The van der Waals surface area contributed by atoms with Crippen molar-refractivity contribution in [2.75, 3.05) is 5.32 Å². The SMILES string of the molecule is O=C(Oc1ccc(Br)cc1C=NNC(=S)Nc1ccc(F)cc1)c1ccccc1. The third-order valence-corrected chi connectivity index (χ3v) is 4.34. The summed E-state index contributed by atoms with van der Waals surface area (Å²) in [6, 6.07) is 19.7. The van der Waals surface area contributed by atoms with Gasteiger partial charge in [-0.25, -0.2) is 9.18 Å². The van der Waals surface area contributed by atoms with Gasteiger partial charge in [0, 0.05) is 15.7 Å². The molecular formula is C21H15BrFN3O2S. The minimum Gasteiger partial charge on any atom is -0.422 e. The fourth-order valence-corrected chi connectivity index (χ4v) is 2.85. The van der Waals surface area contributed by atoms with E-state index in [4.69, 9.17) is 17.0 Å². The molecule has 3 aromatic carbocycles. The lowest BCUT2D eigenvalue weighted by molar-refractivity contribution is 0.0734. The monoisotopic (exact) mass is 471 g/mol. The van der Waals surface area contributed by atoms with Crippen LogP contribution in [0, 0.1) is 5.82 Å². The van der Waals surface area contributed by atoms with Crippen LogP contribution < -0.4 is 15.5 Å². The van der Waals surface area contributed by atoms with Crippen molar-refractivity contribution in [2.24, 2.45) is 5.10 Å². The van der Waals surface area contributed by atoms with Gasteiger partial charge in [0.25, 0.3) is 0 Å². The van der Waals surface area contributed by atoms with E-state index in [-0.39, 0.29) is 10.9 Å². The van der Waals surface area contributed by atoms with Crippen molar-refractivity contribution in [3.8, 4) is 5.75 Å². The molecule has 0 aliphatic carbocycles. The maximum absolute atomic E-state index is 12.9. The molecule has 5 nitrogen and oxygen atoms in total. The van der Waals surface area contributed by atoms with E-state index < -0.39 is 5.97 Å². The average molecular weight is 472 g/mol. The summed E-state index contributed by atoms with van der Waals surface area (Å²) in [5.74, 6) is -0.450. The minimum absolute atomic E-state index is 0.227. The first-order valence-electron chi connectivity index (χ1n) is 8.44. The smallest absolute Gasteiger partial charge is 0.343 e. The van der Waals surface area contributed by atoms with Crippen molar-refractivity contribution >= 4 is 51.1 Å². The fraction of sp³-hybridized carbons (Fsp3) is 0. The van der Waals surface area contributed by atoms with E-state index in [2.05, 4.69) is 31.8 Å². The number of esters is 1. The minimum atomic E-state index is -0.468. The number of halogens is 2. The van der Waals surface area contributed by atoms with Gasteiger partial charge in [0.1, 0.15) is 11.6 Å². The molecule has 8 heteroatoms. The van der Waals surface area contributed by atoms with Gasteiger partial charge in [-0.05, 0) is 66.8 Å². The first kappa shape index (κ1) is 20.6. The second-order valence-corrected chi connectivity index (χ2v) is 7.09. The Bertz CT molecular complexity index is 1040. The van der Waals surface area contributed by atoms with Crippen molar-refractivity contribution < 1.29 is 13.9 Å². The lowest BCUT2D eigenvalue weighted by atomic mass is 10.2. The number of nitrogens with zero attached hydrogens (tertiary/aromatic N) is 1. The molecule has 0 radical (unpaired) electrons. The van der Waals surface area contributed by atoms with Crippen LogP contribution in [0.3, 0.4) is 0 Å². The number of carbonyl (C=O) groups is 1. The highest BCUT2D eigenvalue weighted by atomic mass is 79.9. The highest BCUT2D eigenvalue weighted by Gasteiger charge is 2.11. The number of hydrogen-bond donors (Lipinski definition) is 2. The lowest BCUT2D eigenvalue weighted by Gasteiger charge is -2.09. The molecule has 0 unspecified atom stereocenters. The summed E-state index contributed by atoms with van der Waals surface area (Å²) in [5.41, 5.74) is 4.31. The van der Waals surface area contributed by atoms with Gasteiger partial charge in [-0.3, -0.25) is 5.43 Å². The van der Waals surface area contributed by atoms with Gasteiger partial charge < -0.3 is 10.1 Å². The molecule has 3 rings (SSSR count). The molecular weight excluding hydrogens is 457 g/mol. The molecule has 0 fully saturated rings. The quantitative estimate of drug-likeness (QED) is 0.177. The Morgan fingerprint density at radius 3 is 2.52 bits per heavy atom. The summed E-state index contributed by atoms with van der Waals surface area (Å²) in [4.78, 5) is 12.3. The highest BCUT2D eigenvalue weighted by molar-refractivity contribution is 9.10. The van der Waals surface area contributed by atoms with Gasteiger partial charge in [0.15, 0.2) is 5.11 Å². The summed E-state index contributed by atoms with van der Waals surface area (Å²) < 4.78 is 19.2. The number of benzene rings is 3. The van der Waals surface area contributed by atoms with Gasteiger partial charge in [0.05, 0.1) is 11.8 Å². The van der Waals surface area contributed by atoms with Crippen LogP contribution in [0.5, 0.6) is 5.75 Å². The molecule has 146 valence electrons. The van der Waals surface area contributed by atoms with Gasteiger partial charge >= 0.3 is 5.97 Å². The number of carbonyl (C=O) groups excluding carboxylic acids is 1. The first-order valence-corrected chi connectivity index (χ1v) is 9.64. The summed E-state index contributed by atoms with van der Waals surface area (Å²) in [6.07, 6.45) is 1.48. The van der Waals surface area contributed by atoms with Crippen molar-refractivity contribution in [2.45, 2.75) is 0 Å². The summed E-state index contributed by atoms with van der Waals surface area (Å²) >= 11 is 8.54. The molecule has 0 aromatic heterocycles. The topological polar surface area (TPSA) is 62.7 Å². The van der Waals surface area contributed by atoms with E-state index in [9.17, 15) is 9.18 Å². The van der Waals surface area contributed by atoms with Crippen LogP contribution >= 0.6 is 28.1 Å². The van der Waals surface area contributed by atoms with Crippen LogP contribution in [-0.4, -0.2) is 17.3 Å². The van der Waals surface area contributed by atoms with Gasteiger partial charge in [0.2, 0.25) is 0 Å². The Balaban J connectivity index is 1.66. The summed E-state index contributed by atoms with van der Waals surface area (Å²) in [7, 11) is 0. The summed E-state index contributed by atoms with van der Waals surface area (Å²) in [5, 5.41) is 7.18.